The molecule has 1 unspecified atom stereocenters. The third-order valence-corrected chi connectivity index (χ3v) is 6.30. The Kier molecular flexibility index (Phi) is 4.95. The fraction of sp³-hybridized carbons (Fsp3) is 0.440. The van der Waals surface area contributed by atoms with Crippen molar-refractivity contribution >= 4 is 5.57 Å². The number of phenols is 1. The molecule has 0 spiro atoms. The average Bonchev–Trinajstić information content (AvgIpc) is 3.13. The molecule has 1 atom stereocenters. The number of phenolic OH excluding ortho intramolecular Hbond substituents is 1. The first-order valence-corrected chi connectivity index (χ1v) is 10.4. The molecule has 1 aliphatic heterocycles. The predicted octanol–water partition coefficient (Wildman–Crippen LogP) is 6.77. The predicted molar refractivity (Wildman–Crippen MR) is 111 cm³/mol. The molecule has 1 heterocycles. The van der Waals surface area contributed by atoms with Crippen LogP contribution in [0.5, 0.6) is 11.5 Å². The summed E-state index contributed by atoms with van der Waals surface area (Å²) in [7, 11) is 0. The van der Waals surface area contributed by atoms with Crippen LogP contribution in [-0.4, -0.2) is 10.7 Å². The highest BCUT2D eigenvalue weighted by Crippen LogP contribution is 2.52. The second-order valence-electron chi connectivity index (χ2n) is 8.76. The minimum absolute atomic E-state index is 0.190. The molecule has 0 bridgehead atoms. The molecule has 0 saturated heterocycles. The summed E-state index contributed by atoms with van der Waals surface area (Å²) in [5.41, 5.74) is 5.53. The van der Waals surface area contributed by atoms with Crippen molar-refractivity contribution in [3.8, 4) is 11.5 Å². The summed E-state index contributed by atoms with van der Waals surface area (Å²) in [6.45, 7) is 6.46. The lowest BCUT2D eigenvalue weighted by molar-refractivity contribution is 0.141. The highest BCUT2D eigenvalue weighted by atomic mass is 19.1. The van der Waals surface area contributed by atoms with Gasteiger partial charge in [-0.2, -0.15) is 0 Å². The van der Waals surface area contributed by atoms with Crippen molar-refractivity contribution in [2.75, 3.05) is 0 Å². The molecule has 3 heteroatoms. The van der Waals surface area contributed by atoms with E-state index in [1.54, 1.807) is 0 Å². The number of hydrogen-bond donors (Lipinski definition) is 1. The van der Waals surface area contributed by atoms with Crippen LogP contribution in [0.4, 0.5) is 4.39 Å². The Balaban J connectivity index is 1.50. The Morgan fingerprint density at radius 1 is 1.14 bits per heavy atom. The quantitative estimate of drug-likeness (QED) is 0.620. The smallest absolute Gasteiger partial charge is 0.132 e. The number of halogens is 1. The maximum absolute atomic E-state index is 13.0. The summed E-state index contributed by atoms with van der Waals surface area (Å²) in [5, 5.41) is 10.8. The lowest BCUT2D eigenvalue weighted by atomic mass is 9.85. The first-order chi connectivity index (χ1) is 13.3. The summed E-state index contributed by atoms with van der Waals surface area (Å²) in [6, 6.07) is 10.8. The van der Waals surface area contributed by atoms with E-state index < -0.39 is 0 Å². The molecule has 2 nitrogen and oxygen atoms in total. The number of aromatic hydroxyl groups is 1. The van der Waals surface area contributed by atoms with Crippen LogP contribution in [-0.2, 0) is 6.42 Å². The molecular weight excluding hydrogens is 351 g/mol. The van der Waals surface area contributed by atoms with E-state index in [4.69, 9.17) is 4.74 Å². The highest BCUT2D eigenvalue weighted by molar-refractivity contribution is 5.82. The molecule has 4 rings (SSSR count). The van der Waals surface area contributed by atoms with Gasteiger partial charge in [0.2, 0.25) is 0 Å². The number of ether oxygens (including phenoxy) is 1. The van der Waals surface area contributed by atoms with Gasteiger partial charge in [-0.3, -0.25) is 0 Å². The number of rotatable bonds is 5. The van der Waals surface area contributed by atoms with Crippen LogP contribution in [0.1, 0.15) is 75.5 Å². The maximum Gasteiger partial charge on any atom is 0.132 e. The molecule has 0 radical (unpaired) electrons. The molecular formula is C25H29FO2. The zero-order valence-corrected chi connectivity index (χ0v) is 17.0. The van der Waals surface area contributed by atoms with Crippen molar-refractivity contribution in [1.29, 1.82) is 0 Å². The van der Waals surface area contributed by atoms with Crippen molar-refractivity contribution < 1.29 is 14.2 Å². The van der Waals surface area contributed by atoms with Gasteiger partial charge in [-0.15, -0.1) is 0 Å². The van der Waals surface area contributed by atoms with E-state index in [9.17, 15) is 9.50 Å². The number of benzene rings is 2. The minimum atomic E-state index is -0.296. The van der Waals surface area contributed by atoms with Crippen LogP contribution in [0, 0.1) is 5.82 Å². The summed E-state index contributed by atoms with van der Waals surface area (Å²) in [6.07, 6.45) is 6.18. The minimum Gasteiger partial charge on any atom is -0.507 e. The van der Waals surface area contributed by atoms with Crippen molar-refractivity contribution in [3.05, 3.63) is 64.5 Å². The second kappa shape index (κ2) is 7.27. The van der Waals surface area contributed by atoms with Gasteiger partial charge in [0.1, 0.15) is 22.9 Å². The molecule has 0 saturated carbocycles. The summed E-state index contributed by atoms with van der Waals surface area (Å²) >= 11 is 0. The Morgan fingerprint density at radius 3 is 2.64 bits per heavy atom. The maximum atomic E-state index is 13.0. The normalized spacial score (nSPS) is 18.4. The highest BCUT2D eigenvalue weighted by Gasteiger charge is 2.38. The van der Waals surface area contributed by atoms with Gasteiger partial charge in [-0.1, -0.05) is 19.1 Å². The van der Waals surface area contributed by atoms with Crippen molar-refractivity contribution in [2.24, 2.45) is 0 Å². The van der Waals surface area contributed by atoms with E-state index in [1.807, 2.05) is 18.2 Å². The fourth-order valence-corrected chi connectivity index (χ4v) is 4.74. The third kappa shape index (κ3) is 3.55. The molecule has 28 heavy (non-hydrogen) atoms. The average molecular weight is 381 g/mol. The first kappa shape index (κ1) is 19.0. The van der Waals surface area contributed by atoms with Crippen molar-refractivity contribution in [2.45, 2.75) is 70.8 Å². The first-order valence-electron chi connectivity index (χ1n) is 10.4. The number of allylic oxidation sites excluding steroid dienone is 1. The number of fused-ring (bicyclic) bond motifs is 2. The van der Waals surface area contributed by atoms with Gasteiger partial charge in [-0.25, -0.2) is 4.39 Å². The molecule has 0 aromatic heterocycles. The second-order valence-corrected chi connectivity index (χ2v) is 8.76. The Bertz CT molecular complexity index is 909. The van der Waals surface area contributed by atoms with E-state index in [-0.39, 0.29) is 11.4 Å². The fourth-order valence-electron chi connectivity index (χ4n) is 4.74. The van der Waals surface area contributed by atoms with Gasteiger partial charge < -0.3 is 9.84 Å². The van der Waals surface area contributed by atoms with Gasteiger partial charge in [0.25, 0.3) is 0 Å². The summed E-state index contributed by atoms with van der Waals surface area (Å²) in [4.78, 5) is 0. The molecule has 0 amide bonds. The zero-order valence-electron chi connectivity index (χ0n) is 17.0. The van der Waals surface area contributed by atoms with Crippen LogP contribution in [0.25, 0.3) is 5.57 Å². The third-order valence-electron chi connectivity index (χ3n) is 6.30. The molecule has 0 fully saturated rings. The molecule has 2 aromatic carbocycles. The van der Waals surface area contributed by atoms with Gasteiger partial charge in [0, 0.05) is 0 Å². The monoisotopic (exact) mass is 380 g/mol. The van der Waals surface area contributed by atoms with Crippen molar-refractivity contribution in [3.63, 3.8) is 0 Å². The van der Waals surface area contributed by atoms with Crippen LogP contribution >= 0.6 is 0 Å². The lowest BCUT2D eigenvalue weighted by Crippen LogP contribution is -2.33. The van der Waals surface area contributed by atoms with E-state index in [1.165, 1.54) is 23.3 Å². The van der Waals surface area contributed by atoms with E-state index in [2.05, 4.69) is 26.8 Å². The standard InChI is InChI=1S/C25H29FO2/c1-16(6-4-7-17-10-12-19(26)13-11-17)18-14-22(27)24-20-8-5-9-21(20)25(2,3)28-23(24)15-18/h10-16,27H,4-9H2,1-3H3. The van der Waals surface area contributed by atoms with E-state index >= 15 is 0 Å². The molecule has 1 aliphatic carbocycles. The Labute approximate surface area is 167 Å². The van der Waals surface area contributed by atoms with Crippen LogP contribution in [0.15, 0.2) is 42.0 Å². The topological polar surface area (TPSA) is 29.5 Å². The molecule has 148 valence electrons. The van der Waals surface area contributed by atoms with Crippen molar-refractivity contribution in [1.82, 2.24) is 0 Å². The molecule has 2 aliphatic rings. The zero-order chi connectivity index (χ0) is 19.9. The number of aryl methyl sites for hydroxylation is 1. The Hall–Kier alpha value is -2.29. The Morgan fingerprint density at radius 2 is 1.89 bits per heavy atom. The summed E-state index contributed by atoms with van der Waals surface area (Å²) < 4.78 is 19.4. The van der Waals surface area contributed by atoms with Gasteiger partial charge in [-0.05, 0) is 105 Å². The summed E-state index contributed by atoms with van der Waals surface area (Å²) in [5.74, 6) is 1.31. The molecule has 2 aromatic rings. The largest absolute Gasteiger partial charge is 0.507 e. The SMILES string of the molecule is CC(CCCc1ccc(F)cc1)c1cc(O)c2c(c1)OC(C)(C)C1=C2CCC1. The van der Waals surface area contributed by atoms with E-state index in [0.29, 0.717) is 11.7 Å². The van der Waals surface area contributed by atoms with E-state index in [0.717, 1.165) is 61.0 Å². The number of hydrogen-bond acceptors (Lipinski definition) is 2. The van der Waals surface area contributed by atoms with Crippen LogP contribution in [0.3, 0.4) is 0 Å². The lowest BCUT2D eigenvalue weighted by Gasteiger charge is -2.35. The van der Waals surface area contributed by atoms with Gasteiger partial charge in [0.15, 0.2) is 0 Å². The molecule has 1 N–H and O–H groups in total. The van der Waals surface area contributed by atoms with Crippen LogP contribution < -0.4 is 4.74 Å². The van der Waals surface area contributed by atoms with Gasteiger partial charge in [0.05, 0.1) is 5.56 Å². The van der Waals surface area contributed by atoms with Gasteiger partial charge >= 0.3 is 0 Å². The van der Waals surface area contributed by atoms with Crippen LogP contribution in [0.2, 0.25) is 0 Å².